The first-order valence-corrected chi connectivity index (χ1v) is 8.48. The average molecular weight is 386 g/mol. The maximum absolute atomic E-state index is 13.2. The Morgan fingerprint density at radius 1 is 1.11 bits per heavy atom. The van der Waals surface area contributed by atoms with Crippen LogP contribution in [0.4, 0.5) is 21.5 Å². The van der Waals surface area contributed by atoms with Crippen molar-refractivity contribution in [3.8, 4) is 5.75 Å². The molecule has 2 aromatic carbocycles. The Hall–Kier alpha value is -3.12. The minimum absolute atomic E-state index is 0.0626. The summed E-state index contributed by atoms with van der Waals surface area (Å²) in [5.41, 5.74) is 3.20. The van der Waals surface area contributed by atoms with Gasteiger partial charge in [-0.1, -0.05) is 17.7 Å². The molecule has 0 fully saturated rings. The third-order valence-corrected chi connectivity index (χ3v) is 4.10. The zero-order valence-corrected chi connectivity index (χ0v) is 15.5. The highest BCUT2D eigenvalue weighted by Crippen LogP contribution is 2.28. The second-order valence-electron chi connectivity index (χ2n) is 5.84. The fourth-order valence-electron chi connectivity index (χ4n) is 2.45. The SMILES string of the molecule is COc1ccc(C)cc1Nc1ccc(C(=O)Nc2ccc(F)c(Cl)c2)nc1. The standard InChI is InChI=1S/C20H17ClFN3O2/c1-12-3-8-19(27-2)18(9-12)24-14-5-7-17(23-11-14)20(26)25-13-4-6-16(22)15(21)10-13/h3-11,24H,1-2H3,(H,25,26). The number of methoxy groups -OCH3 is 1. The van der Waals surface area contributed by atoms with Crippen molar-refractivity contribution in [2.75, 3.05) is 17.7 Å². The van der Waals surface area contributed by atoms with Crippen LogP contribution in [0, 0.1) is 12.7 Å². The minimum atomic E-state index is -0.546. The molecule has 0 saturated heterocycles. The molecule has 7 heteroatoms. The van der Waals surface area contributed by atoms with E-state index in [2.05, 4.69) is 15.6 Å². The van der Waals surface area contributed by atoms with Crippen LogP contribution >= 0.6 is 11.6 Å². The number of rotatable bonds is 5. The van der Waals surface area contributed by atoms with Gasteiger partial charge in [0.1, 0.15) is 17.3 Å². The Morgan fingerprint density at radius 3 is 2.56 bits per heavy atom. The molecule has 3 rings (SSSR count). The maximum Gasteiger partial charge on any atom is 0.274 e. The summed E-state index contributed by atoms with van der Waals surface area (Å²) in [6, 6.07) is 13.1. The number of nitrogens with one attached hydrogen (secondary N) is 2. The fourth-order valence-corrected chi connectivity index (χ4v) is 2.63. The van der Waals surface area contributed by atoms with Crippen LogP contribution in [-0.2, 0) is 0 Å². The van der Waals surface area contributed by atoms with Crippen molar-refractivity contribution in [2.24, 2.45) is 0 Å². The van der Waals surface area contributed by atoms with E-state index in [-0.39, 0.29) is 10.7 Å². The molecule has 27 heavy (non-hydrogen) atoms. The number of hydrogen-bond acceptors (Lipinski definition) is 4. The Bertz CT molecular complexity index is 977. The number of anilines is 3. The first-order valence-electron chi connectivity index (χ1n) is 8.10. The summed E-state index contributed by atoms with van der Waals surface area (Å²) in [4.78, 5) is 16.4. The number of carbonyl (C=O) groups excluding carboxylic acids is 1. The average Bonchev–Trinajstić information content (AvgIpc) is 2.65. The monoisotopic (exact) mass is 385 g/mol. The van der Waals surface area contributed by atoms with Crippen molar-refractivity contribution in [2.45, 2.75) is 6.92 Å². The van der Waals surface area contributed by atoms with Gasteiger partial charge in [-0.2, -0.15) is 0 Å². The predicted octanol–water partition coefficient (Wildman–Crippen LogP) is 5.19. The number of nitrogens with zero attached hydrogens (tertiary/aromatic N) is 1. The summed E-state index contributed by atoms with van der Waals surface area (Å²) in [6.45, 7) is 1.98. The van der Waals surface area contributed by atoms with E-state index < -0.39 is 11.7 Å². The molecule has 0 saturated carbocycles. The molecule has 3 aromatic rings. The molecule has 0 aliphatic heterocycles. The first-order chi connectivity index (χ1) is 13.0. The smallest absolute Gasteiger partial charge is 0.274 e. The number of halogens is 2. The van der Waals surface area contributed by atoms with Gasteiger partial charge >= 0.3 is 0 Å². The highest BCUT2D eigenvalue weighted by molar-refractivity contribution is 6.31. The lowest BCUT2D eigenvalue weighted by Crippen LogP contribution is -2.13. The number of ether oxygens (including phenoxy) is 1. The largest absolute Gasteiger partial charge is 0.495 e. The number of pyridine rings is 1. The summed E-state index contributed by atoms with van der Waals surface area (Å²) >= 11 is 5.72. The van der Waals surface area contributed by atoms with E-state index >= 15 is 0 Å². The second kappa shape index (κ2) is 8.05. The van der Waals surface area contributed by atoms with Gasteiger partial charge in [-0.3, -0.25) is 4.79 Å². The maximum atomic E-state index is 13.2. The summed E-state index contributed by atoms with van der Waals surface area (Å²) < 4.78 is 18.5. The van der Waals surface area contributed by atoms with Gasteiger partial charge < -0.3 is 15.4 Å². The third kappa shape index (κ3) is 4.54. The summed E-state index contributed by atoms with van der Waals surface area (Å²) in [7, 11) is 1.60. The van der Waals surface area contributed by atoms with Crippen molar-refractivity contribution in [3.05, 3.63) is 76.8 Å². The van der Waals surface area contributed by atoms with Gasteiger partial charge in [-0.15, -0.1) is 0 Å². The highest BCUT2D eigenvalue weighted by Gasteiger charge is 2.10. The molecule has 0 unspecified atom stereocenters. The lowest BCUT2D eigenvalue weighted by atomic mass is 10.2. The minimum Gasteiger partial charge on any atom is -0.495 e. The van der Waals surface area contributed by atoms with Crippen LogP contribution in [-0.4, -0.2) is 18.0 Å². The predicted molar refractivity (Wildman–Crippen MR) is 105 cm³/mol. The molecule has 1 heterocycles. The van der Waals surface area contributed by atoms with E-state index in [1.807, 2.05) is 25.1 Å². The number of aromatic nitrogens is 1. The molecular formula is C20H17ClFN3O2. The van der Waals surface area contributed by atoms with Crippen LogP contribution < -0.4 is 15.4 Å². The molecule has 0 atom stereocenters. The molecule has 0 radical (unpaired) electrons. The van der Waals surface area contributed by atoms with E-state index in [1.165, 1.54) is 18.2 Å². The molecule has 1 amide bonds. The Kier molecular flexibility index (Phi) is 5.57. The van der Waals surface area contributed by atoms with E-state index in [9.17, 15) is 9.18 Å². The van der Waals surface area contributed by atoms with Crippen LogP contribution in [0.1, 0.15) is 16.1 Å². The molecular weight excluding hydrogens is 369 g/mol. The topological polar surface area (TPSA) is 63.2 Å². The number of hydrogen-bond donors (Lipinski definition) is 2. The molecule has 5 nitrogen and oxygen atoms in total. The van der Waals surface area contributed by atoms with Crippen LogP contribution in [0.5, 0.6) is 5.75 Å². The van der Waals surface area contributed by atoms with Crippen LogP contribution in [0.3, 0.4) is 0 Å². The molecule has 2 N–H and O–H groups in total. The third-order valence-electron chi connectivity index (χ3n) is 3.81. The van der Waals surface area contributed by atoms with Crippen molar-refractivity contribution in [1.82, 2.24) is 4.98 Å². The van der Waals surface area contributed by atoms with E-state index in [0.717, 1.165) is 11.3 Å². The summed E-state index contributed by atoms with van der Waals surface area (Å²) in [5, 5.41) is 5.78. The van der Waals surface area contributed by atoms with Crippen molar-refractivity contribution >= 4 is 34.6 Å². The van der Waals surface area contributed by atoms with Gasteiger partial charge in [0.2, 0.25) is 0 Å². The van der Waals surface area contributed by atoms with Crippen molar-refractivity contribution in [1.29, 1.82) is 0 Å². The number of aryl methyl sites for hydroxylation is 1. The van der Waals surface area contributed by atoms with Gasteiger partial charge in [-0.25, -0.2) is 9.37 Å². The quantitative estimate of drug-likeness (QED) is 0.634. The summed E-state index contributed by atoms with van der Waals surface area (Å²) in [6.07, 6.45) is 1.55. The number of benzene rings is 2. The normalized spacial score (nSPS) is 10.4. The zero-order valence-electron chi connectivity index (χ0n) is 14.7. The van der Waals surface area contributed by atoms with Crippen molar-refractivity contribution in [3.63, 3.8) is 0 Å². The van der Waals surface area contributed by atoms with Crippen LogP contribution in [0.25, 0.3) is 0 Å². The van der Waals surface area contributed by atoms with Gasteiger partial charge in [0.15, 0.2) is 0 Å². The Balaban J connectivity index is 1.72. The van der Waals surface area contributed by atoms with Crippen LogP contribution in [0.15, 0.2) is 54.7 Å². The van der Waals surface area contributed by atoms with Gasteiger partial charge in [0.25, 0.3) is 5.91 Å². The molecule has 0 bridgehead atoms. The fraction of sp³-hybridized carbons (Fsp3) is 0.100. The summed E-state index contributed by atoms with van der Waals surface area (Å²) in [5.74, 6) is -0.261. The van der Waals surface area contributed by atoms with Gasteiger partial charge in [0, 0.05) is 5.69 Å². The molecule has 0 aliphatic rings. The van der Waals surface area contributed by atoms with Gasteiger partial charge in [-0.05, 0) is 55.0 Å². The molecule has 138 valence electrons. The molecule has 0 aliphatic carbocycles. The lowest BCUT2D eigenvalue weighted by Gasteiger charge is -2.12. The Labute approximate surface area is 161 Å². The highest BCUT2D eigenvalue weighted by atomic mass is 35.5. The van der Waals surface area contributed by atoms with E-state index in [0.29, 0.717) is 17.1 Å². The van der Waals surface area contributed by atoms with Crippen LogP contribution in [0.2, 0.25) is 5.02 Å². The lowest BCUT2D eigenvalue weighted by molar-refractivity contribution is 0.102. The molecule has 0 spiro atoms. The van der Waals surface area contributed by atoms with Gasteiger partial charge in [0.05, 0.1) is 29.7 Å². The van der Waals surface area contributed by atoms with E-state index in [4.69, 9.17) is 16.3 Å². The zero-order chi connectivity index (χ0) is 19.4. The van der Waals surface area contributed by atoms with E-state index in [1.54, 1.807) is 25.4 Å². The number of amides is 1. The first kappa shape index (κ1) is 18.7. The second-order valence-corrected chi connectivity index (χ2v) is 6.25. The number of carbonyl (C=O) groups is 1. The van der Waals surface area contributed by atoms with Crippen molar-refractivity contribution < 1.29 is 13.9 Å². The Morgan fingerprint density at radius 2 is 1.89 bits per heavy atom. The molecule has 1 aromatic heterocycles.